The lowest BCUT2D eigenvalue weighted by atomic mass is 10.8. The van der Waals surface area contributed by atoms with Crippen molar-refractivity contribution in [1.29, 1.82) is 0 Å². The van der Waals surface area contributed by atoms with Crippen LogP contribution in [0.15, 0.2) is 0 Å². The molecule has 0 bridgehead atoms. The quantitative estimate of drug-likeness (QED) is 0.590. The minimum Gasteiger partial charge on any atom is -0.330 e. The number of nitrogens with two attached hydrogens (primary N) is 1. The average molecular weight is 141 g/mol. The van der Waals surface area contributed by atoms with E-state index in [2.05, 4.69) is 0 Å². The molecule has 0 saturated carbocycles. The highest BCUT2D eigenvalue weighted by atomic mass is 32.2. The molecule has 0 fully saturated rings. The van der Waals surface area contributed by atoms with Crippen LogP contribution in [0.25, 0.3) is 0 Å². The summed E-state index contributed by atoms with van der Waals surface area (Å²) in [5.41, 5.74) is 5.05. The highest BCUT2D eigenvalue weighted by molar-refractivity contribution is 7.99. The normalized spacial score (nSPS) is 10.5. The van der Waals surface area contributed by atoms with E-state index in [9.17, 15) is 8.78 Å². The molecule has 0 radical (unpaired) electrons. The van der Waals surface area contributed by atoms with Crippen molar-refractivity contribution < 1.29 is 8.78 Å². The molecular formula is C4H9F2NS. The standard InChI is InChI=1S/C4H9F2NS/c5-4(6)3-8-2-1-7/h4H,1-3,7H2. The minimum absolute atomic E-state index is 0.0861. The second-order valence-electron chi connectivity index (χ2n) is 1.25. The summed E-state index contributed by atoms with van der Waals surface area (Å²) >= 11 is 1.19. The molecule has 8 heavy (non-hydrogen) atoms. The monoisotopic (exact) mass is 141 g/mol. The van der Waals surface area contributed by atoms with Gasteiger partial charge in [0.2, 0.25) is 6.43 Å². The lowest BCUT2D eigenvalue weighted by molar-refractivity contribution is 0.177. The van der Waals surface area contributed by atoms with Crippen molar-refractivity contribution >= 4 is 11.8 Å². The average Bonchev–Trinajstić information content (AvgIpc) is 1.66. The Balaban J connectivity index is 2.72. The van der Waals surface area contributed by atoms with Gasteiger partial charge in [-0.25, -0.2) is 8.78 Å². The number of hydrogen-bond donors (Lipinski definition) is 1. The van der Waals surface area contributed by atoms with E-state index in [0.717, 1.165) is 0 Å². The molecule has 0 aliphatic rings. The second kappa shape index (κ2) is 5.31. The fourth-order valence-electron chi connectivity index (χ4n) is 0.256. The van der Waals surface area contributed by atoms with Crippen molar-refractivity contribution in [2.75, 3.05) is 18.1 Å². The summed E-state index contributed by atoms with van der Waals surface area (Å²) in [5, 5.41) is 0. The third-order valence-electron chi connectivity index (χ3n) is 0.506. The first-order valence-electron chi connectivity index (χ1n) is 2.33. The van der Waals surface area contributed by atoms with Crippen LogP contribution in [0.2, 0.25) is 0 Å². The van der Waals surface area contributed by atoms with Crippen LogP contribution in [0.4, 0.5) is 8.78 Å². The smallest absolute Gasteiger partial charge is 0.247 e. The zero-order valence-corrected chi connectivity index (χ0v) is 5.26. The van der Waals surface area contributed by atoms with Crippen LogP contribution in [0.3, 0.4) is 0 Å². The van der Waals surface area contributed by atoms with Crippen LogP contribution in [0.5, 0.6) is 0 Å². The van der Waals surface area contributed by atoms with Crippen LogP contribution in [0, 0.1) is 0 Å². The molecule has 0 spiro atoms. The Morgan fingerprint density at radius 1 is 1.50 bits per heavy atom. The first-order valence-corrected chi connectivity index (χ1v) is 3.48. The highest BCUT2D eigenvalue weighted by Gasteiger charge is 1.99. The summed E-state index contributed by atoms with van der Waals surface area (Å²) < 4.78 is 22.6. The number of hydrogen-bond acceptors (Lipinski definition) is 2. The van der Waals surface area contributed by atoms with Gasteiger partial charge in [-0.15, -0.1) is 0 Å². The first kappa shape index (κ1) is 8.17. The molecule has 0 amide bonds. The molecular weight excluding hydrogens is 132 g/mol. The Bertz CT molecular complexity index is 51.3. The SMILES string of the molecule is NCCSCC(F)F. The van der Waals surface area contributed by atoms with Crippen LogP contribution in [0.1, 0.15) is 0 Å². The lowest BCUT2D eigenvalue weighted by Crippen LogP contribution is -2.04. The van der Waals surface area contributed by atoms with E-state index in [0.29, 0.717) is 12.3 Å². The molecule has 4 heteroatoms. The van der Waals surface area contributed by atoms with Crippen molar-refractivity contribution in [2.45, 2.75) is 6.43 Å². The van der Waals surface area contributed by atoms with Gasteiger partial charge in [0.1, 0.15) is 0 Å². The summed E-state index contributed by atoms with van der Waals surface area (Å²) in [7, 11) is 0. The van der Waals surface area contributed by atoms with Crippen molar-refractivity contribution in [3.8, 4) is 0 Å². The molecule has 50 valence electrons. The van der Waals surface area contributed by atoms with E-state index in [4.69, 9.17) is 5.73 Å². The molecule has 0 aliphatic heterocycles. The van der Waals surface area contributed by atoms with Gasteiger partial charge < -0.3 is 5.73 Å². The van der Waals surface area contributed by atoms with Crippen molar-refractivity contribution in [1.82, 2.24) is 0 Å². The molecule has 0 aromatic heterocycles. The molecule has 0 saturated heterocycles. The van der Waals surface area contributed by atoms with Crippen LogP contribution in [-0.4, -0.2) is 24.5 Å². The van der Waals surface area contributed by atoms with Crippen molar-refractivity contribution in [3.05, 3.63) is 0 Å². The molecule has 0 rings (SSSR count). The number of rotatable bonds is 4. The Kier molecular flexibility index (Phi) is 5.42. The minimum atomic E-state index is -2.19. The molecule has 1 nitrogen and oxygen atoms in total. The molecule has 0 unspecified atom stereocenters. The summed E-state index contributed by atoms with van der Waals surface area (Å²) in [6, 6.07) is 0. The maximum atomic E-state index is 11.3. The van der Waals surface area contributed by atoms with E-state index >= 15 is 0 Å². The van der Waals surface area contributed by atoms with Gasteiger partial charge in [0.25, 0.3) is 0 Å². The van der Waals surface area contributed by atoms with Gasteiger partial charge in [-0.3, -0.25) is 0 Å². The van der Waals surface area contributed by atoms with Gasteiger partial charge in [0.15, 0.2) is 0 Å². The highest BCUT2D eigenvalue weighted by Crippen LogP contribution is 2.04. The fourth-order valence-corrected chi connectivity index (χ4v) is 0.767. The van der Waals surface area contributed by atoms with E-state index in [1.807, 2.05) is 0 Å². The number of alkyl halides is 2. The molecule has 0 aliphatic carbocycles. The van der Waals surface area contributed by atoms with E-state index in [1.165, 1.54) is 11.8 Å². The van der Waals surface area contributed by atoms with Gasteiger partial charge >= 0.3 is 0 Å². The molecule has 2 N–H and O–H groups in total. The predicted octanol–water partition coefficient (Wildman–Crippen LogP) is 0.943. The van der Waals surface area contributed by atoms with Crippen molar-refractivity contribution in [3.63, 3.8) is 0 Å². The van der Waals surface area contributed by atoms with Crippen LogP contribution >= 0.6 is 11.8 Å². The molecule has 0 aromatic carbocycles. The topological polar surface area (TPSA) is 26.0 Å². The van der Waals surface area contributed by atoms with Gasteiger partial charge in [-0.1, -0.05) is 0 Å². The van der Waals surface area contributed by atoms with E-state index < -0.39 is 6.43 Å². The lowest BCUT2D eigenvalue weighted by Gasteiger charge is -1.95. The number of thioether (sulfide) groups is 1. The van der Waals surface area contributed by atoms with Crippen LogP contribution in [-0.2, 0) is 0 Å². The zero-order chi connectivity index (χ0) is 6.41. The summed E-state index contributed by atoms with van der Waals surface area (Å²) in [5.74, 6) is 0.543. The molecule has 0 aromatic rings. The predicted molar refractivity (Wildman–Crippen MR) is 32.4 cm³/mol. The van der Waals surface area contributed by atoms with Gasteiger partial charge in [-0.2, -0.15) is 11.8 Å². The van der Waals surface area contributed by atoms with Crippen molar-refractivity contribution in [2.24, 2.45) is 5.73 Å². The number of halogens is 2. The van der Waals surface area contributed by atoms with Crippen LogP contribution < -0.4 is 5.73 Å². The third-order valence-corrected chi connectivity index (χ3v) is 1.52. The maximum absolute atomic E-state index is 11.3. The first-order chi connectivity index (χ1) is 3.77. The fraction of sp³-hybridized carbons (Fsp3) is 1.00. The largest absolute Gasteiger partial charge is 0.330 e. The van der Waals surface area contributed by atoms with E-state index in [-0.39, 0.29) is 5.75 Å². The summed E-state index contributed by atoms with van der Waals surface area (Å²) in [6.45, 7) is 0.484. The summed E-state index contributed by atoms with van der Waals surface area (Å²) in [6.07, 6.45) is -2.19. The maximum Gasteiger partial charge on any atom is 0.247 e. The second-order valence-corrected chi connectivity index (χ2v) is 2.40. The Hall–Kier alpha value is 0.170. The van der Waals surface area contributed by atoms with Gasteiger partial charge in [0.05, 0.1) is 5.75 Å². The molecule has 0 atom stereocenters. The summed E-state index contributed by atoms with van der Waals surface area (Å²) in [4.78, 5) is 0. The third kappa shape index (κ3) is 6.17. The Morgan fingerprint density at radius 3 is 2.50 bits per heavy atom. The molecule has 0 heterocycles. The Morgan fingerprint density at radius 2 is 2.12 bits per heavy atom. The zero-order valence-electron chi connectivity index (χ0n) is 4.44. The Labute approximate surface area is 51.6 Å². The van der Waals surface area contributed by atoms with Gasteiger partial charge in [0, 0.05) is 12.3 Å². The van der Waals surface area contributed by atoms with E-state index in [1.54, 1.807) is 0 Å². The van der Waals surface area contributed by atoms with Gasteiger partial charge in [-0.05, 0) is 0 Å².